The highest BCUT2D eigenvalue weighted by Gasteiger charge is 2.27. The highest BCUT2D eigenvalue weighted by atomic mass is 16.6. The number of fused-ring (bicyclic) bond motifs is 2. The summed E-state index contributed by atoms with van der Waals surface area (Å²) in [7, 11) is 0. The van der Waals surface area contributed by atoms with Gasteiger partial charge in [0.25, 0.3) is 0 Å². The average molecular weight is 434 g/mol. The molecule has 9 nitrogen and oxygen atoms in total. The predicted octanol–water partition coefficient (Wildman–Crippen LogP) is 1.01. The van der Waals surface area contributed by atoms with Crippen LogP contribution >= 0.6 is 0 Å². The molecule has 170 valence electrons. The van der Waals surface area contributed by atoms with E-state index < -0.39 is 11.9 Å². The normalized spacial score (nSPS) is 20.5. The Balaban J connectivity index is 0.000000293. The first kappa shape index (κ1) is 23.1. The number of nitrogens with zero attached hydrogens (tertiary/aromatic N) is 1. The second-order valence-electron chi connectivity index (χ2n) is 7.61. The molecule has 3 aliphatic rings. The van der Waals surface area contributed by atoms with E-state index in [-0.39, 0.29) is 6.10 Å². The fourth-order valence-electron chi connectivity index (χ4n) is 4.11. The van der Waals surface area contributed by atoms with Crippen LogP contribution in [-0.4, -0.2) is 80.9 Å². The Bertz CT molecular complexity index is 803. The largest absolute Gasteiger partial charge is 0.490 e. The molecule has 0 spiro atoms. The Labute approximate surface area is 181 Å². The van der Waals surface area contributed by atoms with Gasteiger partial charge in [-0.1, -0.05) is 0 Å². The molecule has 3 N–H and O–H groups in total. The lowest BCUT2D eigenvalue weighted by Crippen LogP contribution is -2.43. The number of ether oxygens (including phenoxy) is 3. The zero-order valence-corrected chi connectivity index (χ0v) is 17.8. The molecule has 1 aromatic rings. The van der Waals surface area contributed by atoms with Gasteiger partial charge in [-0.15, -0.1) is 0 Å². The van der Waals surface area contributed by atoms with Gasteiger partial charge in [0.2, 0.25) is 0 Å². The van der Waals surface area contributed by atoms with Gasteiger partial charge in [-0.05, 0) is 55.6 Å². The van der Waals surface area contributed by atoms with Crippen LogP contribution in [0.2, 0.25) is 0 Å². The molecule has 3 aliphatic heterocycles. The molecule has 0 amide bonds. The van der Waals surface area contributed by atoms with E-state index in [2.05, 4.69) is 23.2 Å². The minimum absolute atomic E-state index is 0.162. The quantitative estimate of drug-likeness (QED) is 0.597. The van der Waals surface area contributed by atoms with E-state index >= 15 is 0 Å². The number of anilines is 1. The molecular weight excluding hydrogens is 404 g/mol. The van der Waals surface area contributed by atoms with E-state index in [9.17, 15) is 9.59 Å². The number of carboxylic acid groups (broad SMARTS) is 2. The van der Waals surface area contributed by atoms with Gasteiger partial charge < -0.3 is 34.6 Å². The molecule has 3 heterocycles. The lowest BCUT2D eigenvalue weighted by molar-refractivity contribution is -0.134. The van der Waals surface area contributed by atoms with E-state index in [1.54, 1.807) is 0 Å². The van der Waals surface area contributed by atoms with E-state index in [0.29, 0.717) is 25.4 Å². The van der Waals surface area contributed by atoms with Crippen LogP contribution in [0.4, 0.5) is 5.69 Å². The van der Waals surface area contributed by atoms with E-state index in [1.165, 1.54) is 22.4 Å². The second kappa shape index (κ2) is 11.1. The third-order valence-corrected chi connectivity index (χ3v) is 5.47. The molecule has 1 atom stereocenters. The van der Waals surface area contributed by atoms with E-state index in [4.69, 9.17) is 24.4 Å². The van der Waals surface area contributed by atoms with Crippen LogP contribution in [0.5, 0.6) is 5.75 Å². The maximum atomic E-state index is 9.55. The van der Waals surface area contributed by atoms with Crippen molar-refractivity contribution < 1.29 is 34.0 Å². The fourth-order valence-corrected chi connectivity index (χ4v) is 4.11. The van der Waals surface area contributed by atoms with Crippen LogP contribution in [-0.2, 0) is 31.9 Å². The average Bonchev–Trinajstić information content (AvgIpc) is 2.99. The number of hydrogen-bond acceptors (Lipinski definition) is 7. The molecule has 1 aromatic carbocycles. The predicted molar refractivity (Wildman–Crippen MR) is 114 cm³/mol. The van der Waals surface area contributed by atoms with Crippen LogP contribution < -0.4 is 15.0 Å². The fraction of sp³-hybridized carbons (Fsp3) is 0.545. The Morgan fingerprint density at radius 3 is 2.58 bits per heavy atom. The smallest absolute Gasteiger partial charge is 0.328 e. The van der Waals surface area contributed by atoms with Gasteiger partial charge in [0.15, 0.2) is 0 Å². The molecule has 0 aliphatic carbocycles. The monoisotopic (exact) mass is 434 g/mol. The summed E-state index contributed by atoms with van der Waals surface area (Å²) in [5.41, 5.74) is 5.61. The van der Waals surface area contributed by atoms with Crippen molar-refractivity contribution >= 4 is 17.6 Å². The Morgan fingerprint density at radius 2 is 1.90 bits per heavy atom. The highest BCUT2D eigenvalue weighted by molar-refractivity contribution is 5.89. The van der Waals surface area contributed by atoms with Crippen LogP contribution in [0.15, 0.2) is 18.2 Å². The third-order valence-electron chi connectivity index (χ3n) is 5.47. The zero-order chi connectivity index (χ0) is 22.2. The summed E-state index contributed by atoms with van der Waals surface area (Å²) in [6, 6.07) is 2.27. The summed E-state index contributed by atoms with van der Waals surface area (Å²) < 4.78 is 17.4. The van der Waals surface area contributed by atoms with Gasteiger partial charge in [-0.2, -0.15) is 0 Å². The number of carboxylic acids is 2. The van der Waals surface area contributed by atoms with E-state index in [0.717, 1.165) is 58.0 Å². The van der Waals surface area contributed by atoms with Crippen LogP contribution in [0.25, 0.3) is 0 Å². The van der Waals surface area contributed by atoms with Gasteiger partial charge in [0.05, 0.1) is 38.2 Å². The summed E-state index contributed by atoms with van der Waals surface area (Å²) in [5, 5.41) is 19.1. The Morgan fingerprint density at radius 1 is 1.16 bits per heavy atom. The van der Waals surface area contributed by atoms with Crippen molar-refractivity contribution in [3.05, 3.63) is 34.9 Å². The number of carbonyl (C=O) groups is 2. The number of rotatable bonds is 4. The molecule has 0 radical (unpaired) electrons. The molecular formula is C22H30N2O7. The first-order chi connectivity index (χ1) is 15.0. The maximum absolute atomic E-state index is 9.55. The lowest BCUT2D eigenvalue weighted by atomic mass is 9.94. The van der Waals surface area contributed by atoms with Gasteiger partial charge in [0, 0.05) is 18.7 Å². The number of nitrogens with one attached hydrogen (secondary N) is 1. The summed E-state index contributed by atoms with van der Waals surface area (Å²) in [5.74, 6) is -1.47. The van der Waals surface area contributed by atoms with Crippen LogP contribution in [0.1, 0.15) is 16.7 Å². The van der Waals surface area contributed by atoms with Crippen molar-refractivity contribution in [1.29, 1.82) is 0 Å². The van der Waals surface area contributed by atoms with Gasteiger partial charge in [-0.3, -0.25) is 0 Å². The molecule has 0 aromatic heterocycles. The second-order valence-corrected chi connectivity index (χ2v) is 7.61. The molecule has 0 saturated carbocycles. The minimum atomic E-state index is -1.26. The third kappa shape index (κ3) is 6.43. The Kier molecular flexibility index (Phi) is 8.27. The van der Waals surface area contributed by atoms with Crippen molar-refractivity contribution in [2.24, 2.45) is 0 Å². The van der Waals surface area contributed by atoms with Gasteiger partial charge >= 0.3 is 11.9 Å². The summed E-state index contributed by atoms with van der Waals surface area (Å²) in [6.45, 7) is 9.04. The number of aliphatic carboxylic acids is 2. The summed E-state index contributed by atoms with van der Waals surface area (Å²) in [6.07, 6.45) is 3.47. The van der Waals surface area contributed by atoms with Crippen molar-refractivity contribution in [3.63, 3.8) is 0 Å². The molecule has 1 saturated heterocycles. The lowest BCUT2D eigenvalue weighted by Gasteiger charge is -2.37. The Hall–Kier alpha value is -2.62. The van der Waals surface area contributed by atoms with Crippen molar-refractivity contribution in [3.8, 4) is 5.75 Å². The molecule has 4 rings (SSSR count). The SMILES string of the molecule is Cc1c2c(cc3c1N(CC1COCCO1)CCO3)CCNCC2.O=C(O)/C=C/C(=O)O. The van der Waals surface area contributed by atoms with Crippen molar-refractivity contribution in [2.45, 2.75) is 25.9 Å². The standard InChI is InChI=1S/C18H26N2O3.C4H4O4/c1-13-16-3-5-19-4-2-14(16)10-17-18(13)20(6-7-23-17)11-15-12-21-8-9-22-15;5-3(6)1-2-4(7)8/h10,15,19H,2-9,11-12H2,1H3;1-2H,(H,5,6)(H,7,8)/b;2-1+. The topological polar surface area (TPSA) is 118 Å². The zero-order valence-electron chi connectivity index (χ0n) is 17.8. The molecule has 31 heavy (non-hydrogen) atoms. The van der Waals surface area contributed by atoms with Crippen molar-refractivity contribution in [2.75, 3.05) is 57.5 Å². The van der Waals surface area contributed by atoms with Gasteiger partial charge in [-0.25, -0.2) is 9.59 Å². The molecule has 9 heteroatoms. The number of hydrogen-bond donors (Lipinski definition) is 3. The summed E-state index contributed by atoms with van der Waals surface area (Å²) >= 11 is 0. The summed E-state index contributed by atoms with van der Waals surface area (Å²) in [4.78, 5) is 21.5. The highest BCUT2D eigenvalue weighted by Crippen LogP contribution is 2.39. The van der Waals surface area contributed by atoms with Crippen LogP contribution in [0.3, 0.4) is 0 Å². The molecule has 1 fully saturated rings. The minimum Gasteiger partial charge on any atom is -0.490 e. The van der Waals surface area contributed by atoms with Gasteiger partial charge in [0.1, 0.15) is 12.4 Å². The maximum Gasteiger partial charge on any atom is 0.328 e. The first-order valence-electron chi connectivity index (χ1n) is 10.5. The van der Waals surface area contributed by atoms with Crippen LogP contribution in [0, 0.1) is 6.92 Å². The first-order valence-corrected chi connectivity index (χ1v) is 10.5. The van der Waals surface area contributed by atoms with E-state index in [1.807, 2.05) is 0 Å². The number of benzene rings is 1. The van der Waals surface area contributed by atoms with Crippen molar-refractivity contribution in [1.82, 2.24) is 5.32 Å². The molecule has 1 unspecified atom stereocenters. The molecule has 0 bridgehead atoms.